The summed E-state index contributed by atoms with van der Waals surface area (Å²) in [6.45, 7) is 5.61. The van der Waals surface area contributed by atoms with Gasteiger partial charge in [-0.05, 0) is 6.92 Å². The summed E-state index contributed by atoms with van der Waals surface area (Å²) in [5.41, 5.74) is 2.01. The SMILES string of the molecule is C=CC(=O)OC(C)CCCCCCCCCOC(=O)C#P=O. The van der Waals surface area contributed by atoms with Crippen LogP contribution >= 0.6 is 7.92 Å². The fourth-order valence-corrected chi connectivity index (χ4v) is 2.10. The Morgan fingerprint density at radius 3 is 2.32 bits per heavy atom. The molecule has 5 nitrogen and oxygen atoms in total. The van der Waals surface area contributed by atoms with Gasteiger partial charge in [0.05, 0.1) is 6.10 Å². The molecule has 1 unspecified atom stereocenters. The zero-order valence-corrected chi connectivity index (χ0v) is 14.1. The third kappa shape index (κ3) is 13.7. The number of carbonyl (C=O) groups excluding carboxylic acids is 2. The molecule has 0 N–H and O–H groups in total. The van der Waals surface area contributed by atoms with Gasteiger partial charge in [0.15, 0.2) is 0 Å². The van der Waals surface area contributed by atoms with Crippen LogP contribution in [0.4, 0.5) is 0 Å². The van der Waals surface area contributed by atoms with E-state index in [2.05, 4.69) is 6.58 Å². The van der Waals surface area contributed by atoms with Crippen molar-refractivity contribution in [3.8, 4) is 5.63 Å². The van der Waals surface area contributed by atoms with Crippen molar-refractivity contribution >= 4 is 19.9 Å². The predicted molar refractivity (Wildman–Crippen MR) is 85.1 cm³/mol. The molecule has 22 heavy (non-hydrogen) atoms. The first-order valence-electron chi connectivity index (χ1n) is 7.68. The quantitative estimate of drug-likeness (QED) is 0.234. The molecule has 0 aliphatic heterocycles. The summed E-state index contributed by atoms with van der Waals surface area (Å²) in [5.74, 6) is -1.01. The molecule has 0 aromatic heterocycles. The first kappa shape index (κ1) is 20.7. The number of hydrogen-bond donors (Lipinski definition) is 0. The van der Waals surface area contributed by atoms with Gasteiger partial charge < -0.3 is 4.74 Å². The first-order chi connectivity index (χ1) is 10.6. The van der Waals surface area contributed by atoms with Gasteiger partial charge in [-0.15, -0.1) is 0 Å². The van der Waals surface area contributed by atoms with Gasteiger partial charge in [-0.2, -0.15) is 0 Å². The van der Waals surface area contributed by atoms with Crippen LogP contribution < -0.4 is 0 Å². The van der Waals surface area contributed by atoms with Crippen molar-refractivity contribution in [3.63, 3.8) is 0 Å². The van der Waals surface area contributed by atoms with Crippen molar-refractivity contribution in [2.45, 2.75) is 64.4 Å². The Labute approximate surface area is 133 Å². The Morgan fingerprint density at radius 2 is 1.73 bits per heavy atom. The van der Waals surface area contributed by atoms with Gasteiger partial charge in [-0.25, -0.2) is 4.79 Å². The molecule has 0 amide bonds. The molecule has 1 atom stereocenters. The van der Waals surface area contributed by atoms with Crippen molar-refractivity contribution < 1.29 is 23.6 Å². The van der Waals surface area contributed by atoms with Crippen LogP contribution in [0.25, 0.3) is 0 Å². The summed E-state index contributed by atoms with van der Waals surface area (Å²) in [4.78, 5) is 21.8. The van der Waals surface area contributed by atoms with E-state index in [-0.39, 0.29) is 12.1 Å². The van der Waals surface area contributed by atoms with Gasteiger partial charge in [0, 0.05) is 6.08 Å². The van der Waals surface area contributed by atoms with Crippen molar-refractivity contribution in [1.82, 2.24) is 0 Å². The van der Waals surface area contributed by atoms with E-state index >= 15 is 0 Å². The molecule has 0 aromatic rings. The van der Waals surface area contributed by atoms with E-state index in [1.165, 1.54) is 6.08 Å². The molecule has 0 fully saturated rings. The fourth-order valence-electron chi connectivity index (χ4n) is 1.96. The number of rotatable bonds is 12. The Morgan fingerprint density at radius 1 is 1.14 bits per heavy atom. The summed E-state index contributed by atoms with van der Waals surface area (Å²) in [6, 6.07) is 0. The zero-order valence-electron chi connectivity index (χ0n) is 13.2. The molecule has 0 spiro atoms. The second-order valence-electron chi connectivity index (χ2n) is 5.05. The second kappa shape index (κ2) is 14.6. The number of hydrogen-bond acceptors (Lipinski definition) is 5. The molecule has 0 aromatic carbocycles. The zero-order chi connectivity index (χ0) is 16.6. The molecular formula is C16H25O5P. The van der Waals surface area contributed by atoms with E-state index in [0.717, 1.165) is 51.4 Å². The van der Waals surface area contributed by atoms with Gasteiger partial charge in [0.25, 0.3) is 0 Å². The van der Waals surface area contributed by atoms with E-state index in [1.54, 1.807) is 0 Å². The molecular weight excluding hydrogens is 303 g/mol. The monoisotopic (exact) mass is 328 g/mol. The van der Waals surface area contributed by atoms with Gasteiger partial charge in [0.2, 0.25) is 0 Å². The Bertz CT molecular complexity index is 440. The maximum atomic E-state index is 11.0. The second-order valence-corrected chi connectivity index (χ2v) is 5.46. The average Bonchev–Trinajstić information content (AvgIpc) is 2.49. The standard InChI is InChI=1S/C16H25O5P/c1-3-15(17)21-14(2)11-9-7-5-4-6-8-10-12-20-16(18)13-22-19/h3,14H,1,4-12H2,2H3. The molecule has 0 aliphatic rings. The third-order valence-electron chi connectivity index (χ3n) is 3.11. The summed E-state index contributed by atoms with van der Waals surface area (Å²) in [6.07, 6.45) is 9.40. The molecule has 0 saturated heterocycles. The topological polar surface area (TPSA) is 69.7 Å². The Hall–Kier alpha value is -1.31. The minimum absolute atomic E-state index is 0.0534. The molecule has 0 radical (unpaired) electrons. The molecule has 0 aliphatic carbocycles. The Balaban J connectivity index is 3.31. The predicted octanol–water partition coefficient (Wildman–Crippen LogP) is 4.02. The number of carbonyl (C=O) groups is 2. The molecule has 0 saturated carbocycles. The third-order valence-corrected chi connectivity index (χ3v) is 3.38. The van der Waals surface area contributed by atoms with Crippen LogP contribution in [0.2, 0.25) is 0 Å². The van der Waals surface area contributed by atoms with Gasteiger partial charge in [0.1, 0.15) is 0 Å². The average molecular weight is 328 g/mol. The molecule has 124 valence electrons. The number of ether oxygens (including phenoxy) is 2. The van der Waals surface area contributed by atoms with Gasteiger partial charge in [-0.1, -0.05) is 6.58 Å². The van der Waals surface area contributed by atoms with Crippen LogP contribution in [0.3, 0.4) is 0 Å². The number of esters is 2. The minimum atomic E-state index is -0.650. The summed E-state index contributed by atoms with van der Waals surface area (Å²) < 4.78 is 19.9. The van der Waals surface area contributed by atoms with E-state index in [4.69, 9.17) is 9.47 Å². The molecule has 0 bridgehead atoms. The van der Waals surface area contributed by atoms with E-state index < -0.39 is 13.9 Å². The van der Waals surface area contributed by atoms with Crippen molar-refractivity contribution in [2.75, 3.05) is 6.61 Å². The van der Waals surface area contributed by atoms with E-state index in [9.17, 15) is 14.2 Å². The van der Waals surface area contributed by atoms with Crippen LogP contribution in [0.5, 0.6) is 0 Å². The van der Waals surface area contributed by atoms with E-state index in [1.807, 2.05) is 12.6 Å². The van der Waals surface area contributed by atoms with E-state index in [0.29, 0.717) is 6.61 Å². The van der Waals surface area contributed by atoms with Crippen molar-refractivity contribution in [3.05, 3.63) is 12.7 Å². The van der Waals surface area contributed by atoms with Crippen molar-refractivity contribution in [1.29, 1.82) is 0 Å². The summed E-state index contributed by atoms with van der Waals surface area (Å²) >= 11 is 0. The Kier molecular flexibility index (Phi) is 13.7. The summed E-state index contributed by atoms with van der Waals surface area (Å²) in [5, 5.41) is 0. The van der Waals surface area contributed by atoms with Crippen LogP contribution in [-0.4, -0.2) is 24.6 Å². The van der Waals surface area contributed by atoms with Crippen LogP contribution in [-0.2, 0) is 23.6 Å². The van der Waals surface area contributed by atoms with Gasteiger partial charge in [-0.3, -0.25) is 0 Å². The normalized spacial score (nSPS) is 11.1. The van der Waals surface area contributed by atoms with Crippen LogP contribution in [0.1, 0.15) is 58.3 Å². The molecule has 0 rings (SSSR count). The number of unbranched alkanes of at least 4 members (excludes halogenated alkanes) is 6. The van der Waals surface area contributed by atoms with Gasteiger partial charge >= 0.3 is 97.6 Å². The fraction of sp³-hybridized carbons (Fsp3) is 0.688. The summed E-state index contributed by atoms with van der Waals surface area (Å²) in [7, 11) is -0.436. The molecule has 6 heteroatoms. The van der Waals surface area contributed by atoms with Crippen LogP contribution in [0, 0.1) is 5.63 Å². The molecule has 0 heterocycles. The van der Waals surface area contributed by atoms with Crippen LogP contribution in [0.15, 0.2) is 12.7 Å². The first-order valence-corrected chi connectivity index (χ1v) is 8.49. The maximum absolute atomic E-state index is 11.0. The van der Waals surface area contributed by atoms with Crippen molar-refractivity contribution in [2.24, 2.45) is 0 Å².